The van der Waals surface area contributed by atoms with Gasteiger partial charge in [0.1, 0.15) is 5.82 Å². The number of hydrogen-bond donors (Lipinski definition) is 0. The molecule has 1 unspecified atom stereocenters. The molecule has 2 aromatic heterocycles. The molecule has 0 radical (unpaired) electrons. The first-order valence-electron chi connectivity index (χ1n) is 10.3. The predicted molar refractivity (Wildman–Crippen MR) is 110 cm³/mol. The number of carbonyl (C=O) groups excluding carboxylic acids is 1. The molecule has 2 saturated heterocycles. The molecule has 0 spiro atoms. The monoisotopic (exact) mass is 433 g/mol. The van der Waals surface area contributed by atoms with E-state index < -0.39 is 10.0 Å². The van der Waals surface area contributed by atoms with Gasteiger partial charge in [-0.05, 0) is 39.5 Å². The summed E-state index contributed by atoms with van der Waals surface area (Å²) in [6.45, 7) is 5.15. The second-order valence-electron chi connectivity index (χ2n) is 8.17. The Hall–Kier alpha value is -2.33. The first kappa shape index (κ1) is 20.9. The summed E-state index contributed by atoms with van der Waals surface area (Å²) in [4.78, 5) is 24.3. The fourth-order valence-corrected chi connectivity index (χ4v) is 5.28. The number of hydrogen-bond acceptors (Lipinski definition) is 7. The highest BCUT2D eigenvalue weighted by molar-refractivity contribution is 7.88. The summed E-state index contributed by atoms with van der Waals surface area (Å²) in [6, 6.07) is 1.70. The Morgan fingerprint density at radius 3 is 2.53 bits per heavy atom. The molecule has 0 aromatic carbocycles. The van der Waals surface area contributed by atoms with Gasteiger partial charge in [0, 0.05) is 37.8 Å². The molecule has 2 fully saturated rings. The Labute approximate surface area is 176 Å². The summed E-state index contributed by atoms with van der Waals surface area (Å²) < 4.78 is 30.4. The largest absolute Gasteiger partial charge is 0.356 e. The molecule has 0 aliphatic carbocycles. The maximum absolute atomic E-state index is 13.4. The third-order valence-corrected chi connectivity index (χ3v) is 7.26. The molecule has 4 heterocycles. The van der Waals surface area contributed by atoms with E-state index in [9.17, 15) is 13.2 Å². The van der Waals surface area contributed by atoms with Gasteiger partial charge < -0.3 is 9.42 Å². The average Bonchev–Trinajstić information content (AvgIpc) is 3.36. The highest BCUT2D eigenvalue weighted by atomic mass is 32.2. The van der Waals surface area contributed by atoms with Gasteiger partial charge in [0.05, 0.1) is 29.2 Å². The lowest BCUT2D eigenvalue weighted by Gasteiger charge is -2.34. The summed E-state index contributed by atoms with van der Waals surface area (Å²) in [7, 11) is -3.21. The van der Waals surface area contributed by atoms with Gasteiger partial charge in [-0.15, -0.1) is 0 Å². The number of nitrogens with zero attached hydrogens (tertiary/aromatic N) is 5. The highest BCUT2D eigenvalue weighted by Crippen LogP contribution is 2.38. The van der Waals surface area contributed by atoms with Gasteiger partial charge in [-0.2, -0.15) is 0 Å². The van der Waals surface area contributed by atoms with Crippen LogP contribution < -0.4 is 0 Å². The lowest BCUT2D eigenvalue weighted by Crippen LogP contribution is -2.44. The number of likely N-dealkylation sites (tertiary alicyclic amines) is 1. The van der Waals surface area contributed by atoms with Gasteiger partial charge in [-0.1, -0.05) is 5.16 Å². The Balaban J connectivity index is 1.57. The molecule has 9 nitrogen and oxygen atoms in total. The Kier molecular flexibility index (Phi) is 5.63. The van der Waals surface area contributed by atoms with Crippen LogP contribution in [-0.4, -0.2) is 64.5 Å². The molecule has 30 heavy (non-hydrogen) atoms. The van der Waals surface area contributed by atoms with E-state index in [2.05, 4.69) is 15.1 Å². The number of aromatic nitrogens is 3. The maximum atomic E-state index is 13.4. The van der Waals surface area contributed by atoms with Crippen LogP contribution >= 0.6 is 0 Å². The van der Waals surface area contributed by atoms with E-state index in [1.54, 1.807) is 6.20 Å². The summed E-state index contributed by atoms with van der Waals surface area (Å²) >= 11 is 0. The van der Waals surface area contributed by atoms with Crippen molar-refractivity contribution in [1.82, 2.24) is 24.3 Å². The lowest BCUT2D eigenvalue weighted by molar-refractivity contribution is -0.137. The minimum atomic E-state index is -3.21. The standard InChI is InChI=1S/C20H27N5O4S/c1-13-11-18(29-23-13)16-12-21-14(2)22-19(16)17-5-4-8-25(17)20(26)15-6-9-24(10-7-15)30(3,27)28/h11-12,15,17H,4-10H2,1-3H3. The Morgan fingerprint density at radius 2 is 1.90 bits per heavy atom. The van der Waals surface area contributed by atoms with Crippen LogP contribution in [0.25, 0.3) is 11.3 Å². The number of amides is 1. The van der Waals surface area contributed by atoms with Crippen molar-refractivity contribution in [2.24, 2.45) is 5.92 Å². The fourth-order valence-electron chi connectivity index (χ4n) is 4.41. The third kappa shape index (κ3) is 4.11. The van der Waals surface area contributed by atoms with Gasteiger partial charge in [-0.25, -0.2) is 22.7 Å². The second kappa shape index (κ2) is 8.07. The van der Waals surface area contributed by atoms with Crippen molar-refractivity contribution in [3.05, 3.63) is 29.5 Å². The van der Waals surface area contributed by atoms with Crippen LogP contribution in [0, 0.1) is 19.8 Å². The zero-order chi connectivity index (χ0) is 21.5. The number of piperidine rings is 1. The summed E-state index contributed by atoms with van der Waals surface area (Å²) in [5.74, 6) is 1.16. The van der Waals surface area contributed by atoms with Crippen molar-refractivity contribution in [3.8, 4) is 11.3 Å². The van der Waals surface area contributed by atoms with Gasteiger partial charge in [-0.3, -0.25) is 4.79 Å². The quantitative estimate of drug-likeness (QED) is 0.726. The topological polar surface area (TPSA) is 110 Å². The van der Waals surface area contributed by atoms with Crippen molar-refractivity contribution in [2.75, 3.05) is 25.9 Å². The van der Waals surface area contributed by atoms with Crippen molar-refractivity contribution in [1.29, 1.82) is 0 Å². The van der Waals surface area contributed by atoms with E-state index in [0.29, 0.717) is 44.1 Å². The molecule has 2 aliphatic rings. The van der Waals surface area contributed by atoms with Crippen LogP contribution in [0.1, 0.15) is 48.9 Å². The van der Waals surface area contributed by atoms with E-state index in [0.717, 1.165) is 29.8 Å². The Morgan fingerprint density at radius 1 is 1.17 bits per heavy atom. The molecule has 162 valence electrons. The van der Waals surface area contributed by atoms with Gasteiger partial charge in [0.15, 0.2) is 5.76 Å². The summed E-state index contributed by atoms with van der Waals surface area (Å²) in [5.41, 5.74) is 2.32. The highest BCUT2D eigenvalue weighted by Gasteiger charge is 2.38. The summed E-state index contributed by atoms with van der Waals surface area (Å²) in [5, 5.41) is 3.97. The lowest BCUT2D eigenvalue weighted by atomic mass is 9.95. The normalized spacial score (nSPS) is 21.3. The third-order valence-electron chi connectivity index (χ3n) is 5.96. The van der Waals surface area contributed by atoms with Crippen LogP contribution in [0.4, 0.5) is 0 Å². The van der Waals surface area contributed by atoms with E-state index in [4.69, 9.17) is 4.52 Å². The van der Waals surface area contributed by atoms with E-state index in [-0.39, 0.29) is 17.9 Å². The molecule has 4 rings (SSSR count). The van der Waals surface area contributed by atoms with Gasteiger partial charge >= 0.3 is 0 Å². The average molecular weight is 434 g/mol. The molecular formula is C20H27N5O4S. The van der Waals surface area contributed by atoms with Crippen LogP contribution in [-0.2, 0) is 14.8 Å². The molecule has 0 bridgehead atoms. The number of carbonyl (C=O) groups is 1. The molecular weight excluding hydrogens is 406 g/mol. The first-order chi connectivity index (χ1) is 14.2. The number of aryl methyl sites for hydroxylation is 2. The maximum Gasteiger partial charge on any atom is 0.226 e. The van der Waals surface area contributed by atoms with E-state index in [1.807, 2.05) is 24.8 Å². The molecule has 10 heteroatoms. The van der Waals surface area contributed by atoms with E-state index in [1.165, 1.54) is 10.6 Å². The molecule has 2 aliphatic heterocycles. The van der Waals surface area contributed by atoms with E-state index >= 15 is 0 Å². The van der Waals surface area contributed by atoms with Gasteiger partial charge in [0.25, 0.3) is 0 Å². The minimum Gasteiger partial charge on any atom is -0.356 e. The zero-order valence-electron chi connectivity index (χ0n) is 17.5. The molecule has 0 N–H and O–H groups in total. The first-order valence-corrected chi connectivity index (χ1v) is 12.1. The van der Waals surface area contributed by atoms with Crippen molar-refractivity contribution in [2.45, 2.75) is 45.6 Å². The molecule has 1 atom stereocenters. The summed E-state index contributed by atoms with van der Waals surface area (Å²) in [6.07, 6.45) is 5.78. The van der Waals surface area contributed by atoms with Crippen LogP contribution in [0.5, 0.6) is 0 Å². The zero-order valence-corrected chi connectivity index (χ0v) is 18.4. The van der Waals surface area contributed by atoms with Crippen LogP contribution in [0.15, 0.2) is 16.8 Å². The van der Waals surface area contributed by atoms with Crippen molar-refractivity contribution >= 4 is 15.9 Å². The number of rotatable bonds is 4. The SMILES string of the molecule is Cc1cc(-c2cnc(C)nc2C2CCCN2C(=O)C2CCN(S(C)(=O)=O)CC2)on1. The smallest absolute Gasteiger partial charge is 0.226 e. The Bertz CT molecular complexity index is 1040. The van der Waals surface area contributed by atoms with Crippen LogP contribution in [0.2, 0.25) is 0 Å². The van der Waals surface area contributed by atoms with Gasteiger partial charge in [0.2, 0.25) is 15.9 Å². The second-order valence-corrected chi connectivity index (χ2v) is 10.2. The minimum absolute atomic E-state index is 0.0848. The van der Waals surface area contributed by atoms with Crippen LogP contribution in [0.3, 0.4) is 0 Å². The van der Waals surface area contributed by atoms with Crippen molar-refractivity contribution in [3.63, 3.8) is 0 Å². The predicted octanol–water partition coefficient (Wildman–Crippen LogP) is 2.08. The fraction of sp³-hybridized carbons (Fsp3) is 0.600. The molecule has 0 saturated carbocycles. The molecule has 2 aromatic rings. The number of sulfonamides is 1. The van der Waals surface area contributed by atoms with Crippen molar-refractivity contribution < 1.29 is 17.7 Å². The molecule has 1 amide bonds.